The smallest absolute Gasteiger partial charge is 0.448 e. The summed E-state index contributed by atoms with van der Waals surface area (Å²) in [5.41, 5.74) is 0. The number of hydrogen-bond acceptors (Lipinski definition) is 3. The first-order valence-electron chi connectivity index (χ1n) is 2.91. The second-order valence-electron chi connectivity index (χ2n) is 1.96. The summed E-state index contributed by atoms with van der Waals surface area (Å²) < 4.78 is 0. The van der Waals surface area contributed by atoms with Gasteiger partial charge in [-0.3, -0.25) is 4.79 Å². The van der Waals surface area contributed by atoms with Gasteiger partial charge in [-0.25, -0.2) is 4.79 Å². The van der Waals surface area contributed by atoms with Crippen molar-refractivity contribution in [2.75, 3.05) is 6.54 Å². The van der Waals surface area contributed by atoms with E-state index in [1.54, 1.807) is 0 Å². The molecule has 0 atom stereocenters. The fourth-order valence-electron chi connectivity index (χ4n) is 0.814. The molecule has 0 aliphatic carbocycles. The van der Waals surface area contributed by atoms with E-state index in [9.17, 15) is 9.59 Å². The summed E-state index contributed by atoms with van der Waals surface area (Å²) in [5, 5.41) is 8.94. The summed E-state index contributed by atoms with van der Waals surface area (Å²) in [6.45, 7) is 0.380. The van der Waals surface area contributed by atoms with Gasteiger partial charge in [0.1, 0.15) is 0 Å². The monoisotopic (exact) mass is 209 g/mol. The third-order valence-electron chi connectivity index (χ3n) is 1.22. The van der Waals surface area contributed by atoms with Gasteiger partial charge in [0.05, 0.1) is 6.54 Å². The molecule has 1 aliphatic heterocycles. The zero-order valence-corrected chi connectivity index (χ0v) is 8.91. The number of carbonyl (C=O) groups excluding carboxylic acids is 1. The van der Waals surface area contributed by atoms with Crippen molar-refractivity contribution in [1.29, 1.82) is 0 Å². The van der Waals surface area contributed by atoms with Crippen LogP contribution in [-0.4, -0.2) is 28.8 Å². The molecular formula is C5H7NO4Zn. The number of hydroxylamine groups is 2. The fourth-order valence-corrected chi connectivity index (χ4v) is 0.814. The van der Waals surface area contributed by atoms with Crippen molar-refractivity contribution in [2.45, 2.75) is 12.8 Å². The molecular weight excluding hydrogens is 203 g/mol. The standard InChI is InChI=1S/C5H7NO4.Zn/c7-4-2-1-3-6(4)10-5(8)9;/h1-3H2,(H,8,9);. The summed E-state index contributed by atoms with van der Waals surface area (Å²) in [7, 11) is 0. The maximum atomic E-state index is 10.6. The van der Waals surface area contributed by atoms with E-state index in [1.807, 2.05) is 0 Å². The molecule has 1 amide bonds. The van der Waals surface area contributed by atoms with Gasteiger partial charge in [-0.2, -0.15) is 5.06 Å². The number of carboxylic acid groups (broad SMARTS) is 1. The Morgan fingerprint density at radius 2 is 2.27 bits per heavy atom. The Balaban J connectivity index is 0.000001000. The van der Waals surface area contributed by atoms with E-state index in [0.717, 1.165) is 5.06 Å². The number of hydrogen-bond donors (Lipinski definition) is 1. The van der Waals surface area contributed by atoms with Crippen molar-refractivity contribution in [3.05, 3.63) is 0 Å². The largest absolute Gasteiger partial charge is 0.530 e. The second-order valence-corrected chi connectivity index (χ2v) is 1.96. The normalized spacial score (nSPS) is 16.0. The molecule has 6 heteroatoms. The molecule has 0 aromatic carbocycles. The van der Waals surface area contributed by atoms with Gasteiger partial charge >= 0.3 is 6.16 Å². The summed E-state index contributed by atoms with van der Waals surface area (Å²) in [6.07, 6.45) is -0.380. The van der Waals surface area contributed by atoms with Gasteiger partial charge in [-0.15, -0.1) is 0 Å². The van der Waals surface area contributed by atoms with Crippen molar-refractivity contribution in [3.63, 3.8) is 0 Å². The molecule has 1 rings (SSSR count). The first-order valence-corrected chi connectivity index (χ1v) is 2.91. The molecule has 1 heterocycles. The molecule has 11 heavy (non-hydrogen) atoms. The van der Waals surface area contributed by atoms with E-state index in [0.29, 0.717) is 19.4 Å². The molecule has 0 spiro atoms. The maximum absolute atomic E-state index is 10.6. The quantitative estimate of drug-likeness (QED) is 0.629. The van der Waals surface area contributed by atoms with Crippen molar-refractivity contribution in [1.82, 2.24) is 5.06 Å². The minimum Gasteiger partial charge on any atom is -0.448 e. The number of amides is 1. The molecule has 0 saturated carbocycles. The van der Waals surface area contributed by atoms with E-state index in [-0.39, 0.29) is 25.4 Å². The van der Waals surface area contributed by atoms with Gasteiger partial charge in [-0.05, 0) is 6.42 Å². The summed E-state index contributed by atoms with van der Waals surface area (Å²) in [6, 6.07) is 0. The van der Waals surface area contributed by atoms with Gasteiger partial charge in [0.2, 0.25) is 0 Å². The van der Waals surface area contributed by atoms with Gasteiger partial charge in [0.15, 0.2) is 0 Å². The second kappa shape index (κ2) is 4.28. The van der Waals surface area contributed by atoms with Crippen molar-refractivity contribution in [3.8, 4) is 0 Å². The molecule has 1 saturated heterocycles. The SMILES string of the molecule is O=C(O)ON1CCCC1=O.[Zn]. The van der Waals surface area contributed by atoms with Crippen LogP contribution in [0.2, 0.25) is 0 Å². The van der Waals surface area contributed by atoms with Gasteiger partial charge in [-0.1, -0.05) is 0 Å². The third kappa shape index (κ3) is 2.84. The van der Waals surface area contributed by atoms with Crippen LogP contribution in [0.1, 0.15) is 12.8 Å². The summed E-state index contributed by atoms with van der Waals surface area (Å²) >= 11 is 0. The Morgan fingerprint density at radius 3 is 2.64 bits per heavy atom. The molecule has 0 aromatic rings. The number of rotatable bonds is 1. The van der Waals surface area contributed by atoms with Crippen LogP contribution in [0, 0.1) is 0 Å². The van der Waals surface area contributed by atoms with Gasteiger partial charge < -0.3 is 9.94 Å². The third-order valence-corrected chi connectivity index (χ3v) is 1.22. The zero-order valence-electron chi connectivity index (χ0n) is 5.95. The molecule has 1 aliphatic rings. The maximum Gasteiger partial charge on any atom is 0.530 e. The number of carbonyl (C=O) groups is 2. The van der Waals surface area contributed by atoms with E-state index in [2.05, 4.69) is 4.84 Å². The average molecular weight is 211 g/mol. The van der Waals surface area contributed by atoms with Crippen LogP contribution in [0.5, 0.6) is 0 Å². The van der Waals surface area contributed by atoms with Crippen LogP contribution in [0.3, 0.4) is 0 Å². The van der Waals surface area contributed by atoms with E-state index >= 15 is 0 Å². The van der Waals surface area contributed by atoms with Crippen molar-refractivity contribution >= 4 is 12.1 Å². The first-order chi connectivity index (χ1) is 4.70. The minimum atomic E-state index is -1.43. The Labute approximate surface area is 76.0 Å². The fraction of sp³-hybridized carbons (Fsp3) is 0.600. The van der Waals surface area contributed by atoms with Crippen LogP contribution in [0.25, 0.3) is 0 Å². The van der Waals surface area contributed by atoms with Crippen LogP contribution in [0.4, 0.5) is 4.79 Å². The van der Waals surface area contributed by atoms with Gasteiger partial charge in [0.25, 0.3) is 5.91 Å². The molecule has 0 aromatic heterocycles. The van der Waals surface area contributed by atoms with Gasteiger partial charge in [0, 0.05) is 25.9 Å². The predicted octanol–water partition coefficient (Wildman–Crippen LogP) is 0.216. The Morgan fingerprint density at radius 1 is 1.64 bits per heavy atom. The van der Waals surface area contributed by atoms with Crippen LogP contribution >= 0.6 is 0 Å². The molecule has 1 N–H and O–H groups in total. The molecule has 0 radical (unpaired) electrons. The van der Waals surface area contributed by atoms with Crippen molar-refractivity contribution < 1.29 is 39.0 Å². The van der Waals surface area contributed by atoms with Crippen LogP contribution in [0.15, 0.2) is 0 Å². The van der Waals surface area contributed by atoms with Crippen LogP contribution < -0.4 is 0 Å². The van der Waals surface area contributed by atoms with Crippen molar-refractivity contribution in [2.24, 2.45) is 0 Å². The summed E-state index contributed by atoms with van der Waals surface area (Å²) in [4.78, 5) is 24.7. The number of nitrogens with zero attached hydrogens (tertiary/aromatic N) is 1. The zero-order chi connectivity index (χ0) is 7.56. The molecule has 58 valence electrons. The van der Waals surface area contributed by atoms with E-state index < -0.39 is 6.16 Å². The van der Waals surface area contributed by atoms with Crippen LogP contribution in [-0.2, 0) is 29.1 Å². The Bertz CT molecular complexity index is 172. The Kier molecular flexibility index (Phi) is 4.04. The van der Waals surface area contributed by atoms with E-state index in [4.69, 9.17) is 5.11 Å². The average Bonchev–Trinajstić information content (AvgIpc) is 2.15. The molecule has 5 nitrogen and oxygen atoms in total. The molecule has 0 bridgehead atoms. The van der Waals surface area contributed by atoms with E-state index in [1.165, 1.54) is 0 Å². The molecule has 0 unspecified atom stereocenters. The Hall–Kier alpha value is -0.637. The summed E-state index contributed by atoms with van der Waals surface area (Å²) in [5.74, 6) is -0.262. The minimum absolute atomic E-state index is 0. The topological polar surface area (TPSA) is 66.8 Å². The molecule has 1 fully saturated rings. The predicted molar refractivity (Wildman–Crippen MR) is 30.1 cm³/mol. The first kappa shape index (κ1) is 10.4.